The Kier molecular flexibility index (Phi) is 4.21. The van der Waals surface area contributed by atoms with Crippen LogP contribution in [0.4, 0.5) is 0 Å². The zero-order valence-corrected chi connectivity index (χ0v) is 11.7. The van der Waals surface area contributed by atoms with Gasteiger partial charge in [0.2, 0.25) is 5.88 Å². The second-order valence-electron chi connectivity index (χ2n) is 4.45. The number of nitrogens with one attached hydrogen (secondary N) is 1. The number of aromatic nitrogens is 2. The Morgan fingerprint density at radius 1 is 1.56 bits per heavy atom. The summed E-state index contributed by atoms with van der Waals surface area (Å²) in [5.74, 6) is 0.889. The monoisotopic (exact) mass is 269 g/mol. The number of imidazole rings is 1. The number of ether oxygens (including phenoxy) is 1. The molecule has 0 aromatic carbocycles. The van der Waals surface area contributed by atoms with Crippen LogP contribution in [0.1, 0.15) is 19.5 Å². The van der Waals surface area contributed by atoms with Gasteiger partial charge in [-0.15, -0.1) is 11.3 Å². The van der Waals surface area contributed by atoms with Crippen molar-refractivity contribution >= 4 is 16.3 Å². The first-order valence-corrected chi connectivity index (χ1v) is 6.88. The van der Waals surface area contributed by atoms with Crippen LogP contribution in [0.25, 0.3) is 4.96 Å². The standard InChI is InChI=1S/C12H19N3O2S/c1-8(7-16)9(2)13-6-10-11(17-3)14-12-15(10)4-5-18-12/h4-5,8-9,13,16H,6-7H2,1-3H3. The van der Waals surface area contributed by atoms with Crippen LogP contribution >= 0.6 is 11.3 Å². The van der Waals surface area contributed by atoms with Crippen molar-refractivity contribution in [3.63, 3.8) is 0 Å². The predicted molar refractivity (Wildman–Crippen MR) is 72.2 cm³/mol. The number of hydrogen-bond donors (Lipinski definition) is 2. The summed E-state index contributed by atoms with van der Waals surface area (Å²) in [6.45, 7) is 4.95. The Morgan fingerprint density at radius 2 is 2.33 bits per heavy atom. The van der Waals surface area contributed by atoms with E-state index in [-0.39, 0.29) is 18.6 Å². The second kappa shape index (κ2) is 5.69. The van der Waals surface area contributed by atoms with E-state index in [9.17, 15) is 0 Å². The first-order chi connectivity index (χ1) is 8.67. The Bertz CT molecular complexity index is 508. The normalized spacial score (nSPS) is 14.9. The van der Waals surface area contributed by atoms with E-state index in [0.29, 0.717) is 12.4 Å². The molecule has 0 radical (unpaired) electrons. The fourth-order valence-corrected chi connectivity index (χ4v) is 2.48. The summed E-state index contributed by atoms with van der Waals surface area (Å²) in [7, 11) is 1.63. The van der Waals surface area contributed by atoms with Crippen LogP contribution in [0.15, 0.2) is 11.6 Å². The van der Waals surface area contributed by atoms with E-state index in [0.717, 1.165) is 10.7 Å². The number of thiazole rings is 1. The van der Waals surface area contributed by atoms with Crippen molar-refractivity contribution in [3.8, 4) is 5.88 Å². The molecule has 2 heterocycles. The van der Waals surface area contributed by atoms with Gasteiger partial charge in [0.1, 0.15) is 5.69 Å². The topological polar surface area (TPSA) is 58.8 Å². The summed E-state index contributed by atoms with van der Waals surface area (Å²) >= 11 is 1.59. The molecule has 0 fully saturated rings. The third-order valence-electron chi connectivity index (χ3n) is 3.25. The number of nitrogens with zero attached hydrogens (tertiary/aromatic N) is 2. The molecule has 0 amide bonds. The third-order valence-corrected chi connectivity index (χ3v) is 4.01. The van der Waals surface area contributed by atoms with Gasteiger partial charge in [-0.3, -0.25) is 4.40 Å². The first kappa shape index (κ1) is 13.3. The molecule has 0 aliphatic heterocycles. The molecular formula is C12H19N3O2S. The summed E-state index contributed by atoms with van der Waals surface area (Å²) in [5.41, 5.74) is 1.02. The molecular weight excluding hydrogens is 250 g/mol. The highest BCUT2D eigenvalue weighted by atomic mass is 32.1. The minimum Gasteiger partial charge on any atom is -0.480 e. The van der Waals surface area contributed by atoms with Crippen molar-refractivity contribution in [2.75, 3.05) is 13.7 Å². The lowest BCUT2D eigenvalue weighted by molar-refractivity contribution is 0.206. The van der Waals surface area contributed by atoms with Crippen molar-refractivity contribution < 1.29 is 9.84 Å². The lowest BCUT2D eigenvalue weighted by atomic mass is 10.1. The van der Waals surface area contributed by atoms with Gasteiger partial charge in [-0.2, -0.15) is 4.98 Å². The fourth-order valence-electron chi connectivity index (χ4n) is 1.75. The van der Waals surface area contributed by atoms with Crippen LogP contribution in [0, 0.1) is 5.92 Å². The van der Waals surface area contributed by atoms with Gasteiger partial charge in [-0.1, -0.05) is 6.92 Å². The molecule has 2 unspecified atom stereocenters. The minimum absolute atomic E-state index is 0.186. The maximum Gasteiger partial charge on any atom is 0.237 e. The smallest absolute Gasteiger partial charge is 0.237 e. The van der Waals surface area contributed by atoms with Gasteiger partial charge in [0.05, 0.1) is 7.11 Å². The van der Waals surface area contributed by atoms with Crippen LogP contribution in [0.3, 0.4) is 0 Å². The molecule has 18 heavy (non-hydrogen) atoms. The molecule has 5 nitrogen and oxygen atoms in total. The van der Waals surface area contributed by atoms with Crippen molar-refractivity contribution in [2.45, 2.75) is 26.4 Å². The van der Waals surface area contributed by atoms with E-state index >= 15 is 0 Å². The molecule has 100 valence electrons. The molecule has 0 saturated heterocycles. The maximum absolute atomic E-state index is 9.12. The number of fused-ring (bicyclic) bond motifs is 1. The Balaban J connectivity index is 2.12. The van der Waals surface area contributed by atoms with Crippen LogP contribution in [0.2, 0.25) is 0 Å². The minimum atomic E-state index is 0.186. The van der Waals surface area contributed by atoms with E-state index in [1.807, 2.05) is 22.9 Å². The summed E-state index contributed by atoms with van der Waals surface area (Å²) in [6.07, 6.45) is 1.99. The lowest BCUT2D eigenvalue weighted by Crippen LogP contribution is -2.33. The summed E-state index contributed by atoms with van der Waals surface area (Å²) < 4.78 is 7.33. The van der Waals surface area contributed by atoms with E-state index < -0.39 is 0 Å². The van der Waals surface area contributed by atoms with Crippen LogP contribution in [0.5, 0.6) is 5.88 Å². The molecule has 6 heteroatoms. The van der Waals surface area contributed by atoms with E-state index in [1.165, 1.54) is 0 Å². The Hall–Kier alpha value is -1.11. The number of hydrogen-bond acceptors (Lipinski definition) is 5. The van der Waals surface area contributed by atoms with Crippen molar-refractivity contribution in [1.29, 1.82) is 0 Å². The Morgan fingerprint density at radius 3 is 3.00 bits per heavy atom. The zero-order valence-electron chi connectivity index (χ0n) is 10.9. The molecule has 0 bridgehead atoms. The molecule has 0 aliphatic carbocycles. The second-order valence-corrected chi connectivity index (χ2v) is 5.33. The molecule has 2 aromatic rings. The van der Waals surface area contributed by atoms with Crippen LogP contribution < -0.4 is 10.1 Å². The van der Waals surface area contributed by atoms with Gasteiger partial charge in [-0.25, -0.2) is 0 Å². The predicted octanol–water partition coefficient (Wildman–Crippen LogP) is 1.51. The number of aliphatic hydroxyl groups is 1. The zero-order chi connectivity index (χ0) is 13.1. The van der Waals surface area contributed by atoms with Gasteiger partial charge in [-0.05, 0) is 12.8 Å². The maximum atomic E-state index is 9.12. The number of rotatable bonds is 6. The molecule has 0 spiro atoms. The Labute approximate surface area is 110 Å². The molecule has 2 N–H and O–H groups in total. The average Bonchev–Trinajstić information content (AvgIpc) is 2.95. The van der Waals surface area contributed by atoms with Crippen molar-refractivity contribution in [1.82, 2.24) is 14.7 Å². The average molecular weight is 269 g/mol. The molecule has 0 aliphatic rings. The summed E-state index contributed by atoms with van der Waals surface area (Å²) in [6, 6.07) is 0.240. The summed E-state index contributed by atoms with van der Waals surface area (Å²) in [4.78, 5) is 5.34. The van der Waals surface area contributed by atoms with Gasteiger partial charge in [0.25, 0.3) is 0 Å². The fraction of sp³-hybridized carbons (Fsp3) is 0.583. The quantitative estimate of drug-likeness (QED) is 0.834. The van der Waals surface area contributed by atoms with Gasteiger partial charge in [0.15, 0.2) is 4.96 Å². The van der Waals surface area contributed by atoms with E-state index in [1.54, 1.807) is 18.4 Å². The first-order valence-electron chi connectivity index (χ1n) is 6.00. The van der Waals surface area contributed by atoms with Crippen LogP contribution in [-0.2, 0) is 6.54 Å². The SMILES string of the molecule is COc1nc2sccn2c1CNC(C)C(C)CO. The van der Waals surface area contributed by atoms with Crippen molar-refractivity contribution in [2.24, 2.45) is 5.92 Å². The van der Waals surface area contributed by atoms with Crippen LogP contribution in [-0.4, -0.2) is 34.2 Å². The molecule has 2 atom stereocenters. The van der Waals surface area contributed by atoms with E-state index in [2.05, 4.69) is 17.2 Å². The van der Waals surface area contributed by atoms with Gasteiger partial charge >= 0.3 is 0 Å². The highest BCUT2D eigenvalue weighted by Crippen LogP contribution is 2.23. The van der Waals surface area contributed by atoms with Crippen molar-refractivity contribution in [3.05, 3.63) is 17.3 Å². The summed E-state index contributed by atoms with van der Waals surface area (Å²) in [5, 5.41) is 14.5. The molecule has 0 saturated carbocycles. The van der Waals surface area contributed by atoms with E-state index in [4.69, 9.17) is 9.84 Å². The largest absolute Gasteiger partial charge is 0.480 e. The lowest BCUT2D eigenvalue weighted by Gasteiger charge is -2.19. The highest BCUT2D eigenvalue weighted by molar-refractivity contribution is 7.15. The number of aliphatic hydroxyl groups excluding tert-OH is 1. The molecule has 2 aromatic heterocycles. The highest BCUT2D eigenvalue weighted by Gasteiger charge is 2.16. The van der Waals surface area contributed by atoms with Gasteiger partial charge < -0.3 is 15.2 Å². The third kappa shape index (κ3) is 2.50. The molecule has 2 rings (SSSR count). The number of methoxy groups -OCH3 is 1. The van der Waals surface area contributed by atoms with Gasteiger partial charge in [0, 0.05) is 30.8 Å².